The van der Waals surface area contributed by atoms with Gasteiger partial charge >= 0.3 is 0 Å². The number of hydrogen-bond donors (Lipinski definition) is 1. The molecule has 1 saturated heterocycles. The van der Waals surface area contributed by atoms with Crippen molar-refractivity contribution in [2.24, 2.45) is 5.92 Å². The van der Waals surface area contributed by atoms with Gasteiger partial charge in [0.25, 0.3) is 0 Å². The van der Waals surface area contributed by atoms with Crippen molar-refractivity contribution in [3.05, 3.63) is 58.6 Å². The van der Waals surface area contributed by atoms with Gasteiger partial charge in [-0.1, -0.05) is 41.4 Å². The average molecular weight is 413 g/mol. The van der Waals surface area contributed by atoms with Gasteiger partial charge in [-0.15, -0.1) is 0 Å². The van der Waals surface area contributed by atoms with Crippen LogP contribution in [0, 0.1) is 5.92 Å². The molecule has 0 atom stereocenters. The van der Waals surface area contributed by atoms with Crippen LogP contribution in [-0.4, -0.2) is 31.7 Å². The van der Waals surface area contributed by atoms with Crippen LogP contribution in [0.3, 0.4) is 0 Å². The Morgan fingerprint density at radius 2 is 1.65 bits per heavy atom. The van der Waals surface area contributed by atoms with Gasteiger partial charge in [0, 0.05) is 24.7 Å². The molecular formula is C18H18Cl2N2O3S. The van der Waals surface area contributed by atoms with E-state index in [-0.39, 0.29) is 16.7 Å². The molecular weight excluding hydrogens is 395 g/mol. The second-order valence-corrected chi connectivity index (χ2v) is 8.86. The van der Waals surface area contributed by atoms with Gasteiger partial charge in [-0.3, -0.25) is 4.79 Å². The van der Waals surface area contributed by atoms with Gasteiger partial charge in [-0.25, -0.2) is 8.42 Å². The molecule has 0 unspecified atom stereocenters. The van der Waals surface area contributed by atoms with Crippen molar-refractivity contribution in [3.8, 4) is 0 Å². The van der Waals surface area contributed by atoms with Gasteiger partial charge in [-0.2, -0.15) is 4.31 Å². The second-order valence-electron chi connectivity index (χ2n) is 6.11. The predicted molar refractivity (Wildman–Crippen MR) is 103 cm³/mol. The molecule has 138 valence electrons. The summed E-state index contributed by atoms with van der Waals surface area (Å²) in [5, 5.41) is 3.60. The van der Waals surface area contributed by atoms with Crippen LogP contribution in [0.1, 0.15) is 12.8 Å². The summed E-state index contributed by atoms with van der Waals surface area (Å²) in [6, 6.07) is 13.2. The average Bonchev–Trinajstić information content (AvgIpc) is 2.65. The maximum absolute atomic E-state index is 12.6. The molecule has 0 radical (unpaired) electrons. The monoisotopic (exact) mass is 412 g/mol. The molecule has 0 aliphatic carbocycles. The number of carbonyl (C=O) groups is 1. The number of piperidine rings is 1. The number of halogens is 2. The van der Waals surface area contributed by atoms with Crippen molar-refractivity contribution in [2.75, 3.05) is 18.4 Å². The zero-order chi connectivity index (χ0) is 18.7. The zero-order valence-electron chi connectivity index (χ0n) is 13.9. The smallest absolute Gasteiger partial charge is 0.243 e. The van der Waals surface area contributed by atoms with Crippen LogP contribution in [0.4, 0.5) is 5.69 Å². The van der Waals surface area contributed by atoms with E-state index in [0.717, 1.165) is 0 Å². The molecule has 3 rings (SSSR count). The fourth-order valence-electron chi connectivity index (χ4n) is 2.92. The van der Waals surface area contributed by atoms with Crippen LogP contribution < -0.4 is 5.32 Å². The molecule has 1 fully saturated rings. The molecule has 1 heterocycles. The Morgan fingerprint density at radius 1 is 1.00 bits per heavy atom. The Kier molecular flexibility index (Phi) is 5.87. The lowest BCUT2D eigenvalue weighted by atomic mass is 9.97. The van der Waals surface area contributed by atoms with Crippen molar-refractivity contribution in [2.45, 2.75) is 17.7 Å². The number of anilines is 1. The highest BCUT2D eigenvalue weighted by Crippen LogP contribution is 2.27. The number of nitrogens with one attached hydrogen (secondary N) is 1. The van der Waals surface area contributed by atoms with Crippen LogP contribution in [0.5, 0.6) is 0 Å². The molecule has 8 heteroatoms. The number of nitrogens with zero attached hydrogens (tertiary/aromatic N) is 1. The molecule has 5 nitrogen and oxygen atoms in total. The van der Waals surface area contributed by atoms with E-state index < -0.39 is 10.0 Å². The first kappa shape index (κ1) is 19.2. The number of carbonyl (C=O) groups excluding carboxylic acids is 1. The zero-order valence-corrected chi connectivity index (χ0v) is 16.2. The first-order chi connectivity index (χ1) is 12.4. The third kappa shape index (κ3) is 4.20. The van der Waals surface area contributed by atoms with E-state index in [9.17, 15) is 13.2 Å². The minimum absolute atomic E-state index is 0.139. The van der Waals surface area contributed by atoms with Crippen LogP contribution in [0.25, 0.3) is 0 Å². The van der Waals surface area contributed by atoms with Gasteiger partial charge in [0.2, 0.25) is 15.9 Å². The number of rotatable bonds is 4. The summed E-state index contributed by atoms with van der Waals surface area (Å²) in [5.74, 6) is -0.383. The Morgan fingerprint density at radius 3 is 2.27 bits per heavy atom. The molecule has 1 amide bonds. The topological polar surface area (TPSA) is 66.5 Å². The van der Waals surface area contributed by atoms with E-state index in [2.05, 4.69) is 5.32 Å². The van der Waals surface area contributed by atoms with Crippen molar-refractivity contribution in [1.29, 1.82) is 0 Å². The SMILES string of the molecule is O=C(Nc1ccc(Cl)c(Cl)c1)C1CCN(S(=O)(=O)c2ccccc2)CC1. The van der Waals surface area contributed by atoms with Crippen LogP contribution in [0.15, 0.2) is 53.4 Å². The summed E-state index contributed by atoms with van der Waals surface area (Å²) < 4.78 is 26.7. The summed E-state index contributed by atoms with van der Waals surface area (Å²) in [5.41, 5.74) is 0.573. The van der Waals surface area contributed by atoms with Gasteiger partial charge < -0.3 is 5.32 Å². The summed E-state index contributed by atoms with van der Waals surface area (Å²) in [6.07, 6.45) is 0.943. The molecule has 0 saturated carbocycles. The Labute approximate surface area is 163 Å². The van der Waals surface area contributed by atoms with E-state index in [1.165, 1.54) is 4.31 Å². The Hall–Kier alpha value is -1.60. The molecule has 1 aliphatic heterocycles. The molecule has 1 N–H and O–H groups in total. The summed E-state index contributed by atoms with van der Waals surface area (Å²) in [6.45, 7) is 0.632. The number of amides is 1. The lowest BCUT2D eigenvalue weighted by Gasteiger charge is -2.30. The first-order valence-corrected chi connectivity index (χ1v) is 10.4. The number of hydrogen-bond acceptors (Lipinski definition) is 3. The van der Waals surface area contributed by atoms with Crippen molar-refractivity contribution in [3.63, 3.8) is 0 Å². The molecule has 26 heavy (non-hydrogen) atoms. The normalized spacial score (nSPS) is 16.4. The number of benzene rings is 2. The first-order valence-electron chi connectivity index (χ1n) is 8.19. The number of sulfonamides is 1. The fraction of sp³-hybridized carbons (Fsp3) is 0.278. The van der Waals surface area contributed by atoms with Gasteiger partial charge in [0.1, 0.15) is 0 Å². The van der Waals surface area contributed by atoms with E-state index >= 15 is 0 Å². The predicted octanol–water partition coefficient (Wildman–Crippen LogP) is 4.03. The maximum atomic E-state index is 12.6. The van der Waals surface area contributed by atoms with Crippen molar-refractivity contribution >= 4 is 44.8 Å². The summed E-state index contributed by atoms with van der Waals surface area (Å²) in [4.78, 5) is 12.7. The Balaban J connectivity index is 1.61. The van der Waals surface area contributed by atoms with E-state index in [0.29, 0.717) is 41.7 Å². The highest BCUT2D eigenvalue weighted by Gasteiger charge is 2.32. The minimum atomic E-state index is -3.51. The highest BCUT2D eigenvalue weighted by atomic mass is 35.5. The second kappa shape index (κ2) is 7.96. The highest BCUT2D eigenvalue weighted by molar-refractivity contribution is 7.89. The standard InChI is InChI=1S/C18H18Cl2N2O3S/c19-16-7-6-14(12-17(16)20)21-18(23)13-8-10-22(11-9-13)26(24,25)15-4-2-1-3-5-15/h1-7,12-13H,8-11H2,(H,21,23). The van der Waals surface area contributed by atoms with Gasteiger partial charge in [0.05, 0.1) is 14.9 Å². The van der Waals surface area contributed by atoms with Gasteiger partial charge in [0.15, 0.2) is 0 Å². The van der Waals surface area contributed by atoms with E-state index in [1.54, 1.807) is 48.5 Å². The van der Waals surface area contributed by atoms with Gasteiger partial charge in [-0.05, 0) is 43.2 Å². The minimum Gasteiger partial charge on any atom is -0.326 e. The van der Waals surface area contributed by atoms with Crippen molar-refractivity contribution in [1.82, 2.24) is 4.31 Å². The summed E-state index contributed by atoms with van der Waals surface area (Å²) in [7, 11) is -3.51. The van der Waals surface area contributed by atoms with E-state index in [1.807, 2.05) is 0 Å². The lowest BCUT2D eigenvalue weighted by molar-refractivity contribution is -0.120. The molecule has 0 spiro atoms. The molecule has 2 aromatic rings. The molecule has 0 bridgehead atoms. The third-order valence-electron chi connectivity index (χ3n) is 4.39. The Bertz CT molecular complexity index is 896. The van der Waals surface area contributed by atoms with Crippen LogP contribution in [0.2, 0.25) is 10.0 Å². The van der Waals surface area contributed by atoms with Crippen LogP contribution in [-0.2, 0) is 14.8 Å². The van der Waals surface area contributed by atoms with Crippen molar-refractivity contribution < 1.29 is 13.2 Å². The summed E-state index contributed by atoms with van der Waals surface area (Å²) >= 11 is 11.8. The van der Waals surface area contributed by atoms with E-state index in [4.69, 9.17) is 23.2 Å². The lowest BCUT2D eigenvalue weighted by Crippen LogP contribution is -2.41. The third-order valence-corrected chi connectivity index (χ3v) is 7.04. The fourth-order valence-corrected chi connectivity index (χ4v) is 4.71. The largest absolute Gasteiger partial charge is 0.326 e. The maximum Gasteiger partial charge on any atom is 0.243 e. The molecule has 1 aliphatic rings. The molecule has 0 aromatic heterocycles. The van der Waals surface area contributed by atoms with Crippen LogP contribution >= 0.6 is 23.2 Å². The quantitative estimate of drug-likeness (QED) is 0.823. The molecule has 2 aromatic carbocycles.